The van der Waals surface area contributed by atoms with Crippen LogP contribution in [0.1, 0.15) is 22.3 Å². The van der Waals surface area contributed by atoms with Gasteiger partial charge in [-0.25, -0.2) is 0 Å². The van der Waals surface area contributed by atoms with E-state index in [4.69, 9.17) is 9.47 Å². The molecule has 3 N–H and O–H groups in total. The molecule has 2 aromatic rings. The standard InChI is InChI=1S/C22H29O5P/c1-17-3-7-19(8-4-17)21(11-26-12-21)15-28(23,24,25)16-22(13-27-14-22)20-9-5-18(2)6-10-20/h3-10,23-25H,11-16H2,1-2H3. The molecule has 2 aliphatic heterocycles. The first-order chi connectivity index (χ1) is 13.1. The molecule has 0 saturated carbocycles. The van der Waals surface area contributed by atoms with E-state index in [-0.39, 0.29) is 12.3 Å². The SMILES string of the molecule is Cc1ccc(C2(CP(O)(O)(O)CC3(c4ccc(C)cc4)COC3)COC2)cc1. The van der Waals surface area contributed by atoms with E-state index in [9.17, 15) is 14.7 Å². The molecule has 6 heteroatoms. The van der Waals surface area contributed by atoms with Crippen LogP contribution in [0.2, 0.25) is 0 Å². The van der Waals surface area contributed by atoms with E-state index in [0.717, 1.165) is 22.3 Å². The Hall–Kier alpha value is -1.33. The van der Waals surface area contributed by atoms with Crippen molar-refractivity contribution in [2.24, 2.45) is 0 Å². The summed E-state index contributed by atoms with van der Waals surface area (Å²) in [6.45, 7) is 5.54. The first-order valence-electron chi connectivity index (χ1n) is 9.65. The maximum absolute atomic E-state index is 11.1. The molecule has 2 aliphatic rings. The van der Waals surface area contributed by atoms with Crippen molar-refractivity contribution < 1.29 is 24.2 Å². The van der Waals surface area contributed by atoms with Crippen molar-refractivity contribution in [1.29, 1.82) is 0 Å². The van der Waals surface area contributed by atoms with Gasteiger partial charge in [-0.05, 0) is 0 Å². The summed E-state index contributed by atoms with van der Waals surface area (Å²) in [5.41, 5.74) is 3.10. The molecule has 2 heterocycles. The van der Waals surface area contributed by atoms with Crippen LogP contribution in [-0.2, 0) is 20.3 Å². The predicted molar refractivity (Wildman–Crippen MR) is 111 cm³/mol. The Balaban J connectivity index is 1.61. The Labute approximate surface area is 166 Å². The van der Waals surface area contributed by atoms with E-state index in [2.05, 4.69) is 0 Å². The van der Waals surface area contributed by atoms with Gasteiger partial charge in [0.15, 0.2) is 0 Å². The molecule has 0 atom stereocenters. The Bertz CT molecular complexity index is 774. The normalized spacial score (nSPS) is 21.8. The molecule has 0 unspecified atom stereocenters. The Kier molecular flexibility index (Phi) is 4.70. The number of hydrogen-bond acceptors (Lipinski definition) is 5. The van der Waals surface area contributed by atoms with Crippen molar-refractivity contribution in [1.82, 2.24) is 0 Å². The second kappa shape index (κ2) is 6.60. The predicted octanol–water partition coefficient (Wildman–Crippen LogP) is 2.81. The van der Waals surface area contributed by atoms with Crippen LogP contribution in [0, 0.1) is 13.8 Å². The van der Waals surface area contributed by atoms with Crippen molar-refractivity contribution in [3.63, 3.8) is 0 Å². The average molecular weight is 404 g/mol. The Morgan fingerprint density at radius 2 is 1.00 bits per heavy atom. The van der Waals surface area contributed by atoms with Crippen LogP contribution in [0.3, 0.4) is 0 Å². The molecule has 2 saturated heterocycles. The maximum atomic E-state index is 11.1. The number of aryl methyl sites for hydroxylation is 2. The van der Waals surface area contributed by atoms with Gasteiger partial charge in [-0.15, -0.1) is 0 Å². The summed E-state index contributed by atoms with van der Waals surface area (Å²) in [5.74, 6) is 0. The van der Waals surface area contributed by atoms with Crippen LogP contribution < -0.4 is 0 Å². The van der Waals surface area contributed by atoms with Crippen LogP contribution >= 0.6 is 7.28 Å². The summed E-state index contributed by atoms with van der Waals surface area (Å²) in [7, 11) is -4.96. The third-order valence-corrected chi connectivity index (χ3v) is 8.60. The van der Waals surface area contributed by atoms with Crippen molar-refractivity contribution >= 4 is 7.28 Å². The molecule has 152 valence electrons. The van der Waals surface area contributed by atoms with Crippen molar-refractivity contribution in [2.45, 2.75) is 24.7 Å². The summed E-state index contributed by atoms with van der Waals surface area (Å²) in [5, 5.41) is 0. The van der Waals surface area contributed by atoms with E-state index in [1.807, 2.05) is 62.4 Å². The van der Waals surface area contributed by atoms with Crippen LogP contribution in [-0.4, -0.2) is 53.4 Å². The molecule has 0 aliphatic carbocycles. The molecule has 0 bridgehead atoms. The summed E-state index contributed by atoms with van der Waals surface area (Å²) in [6.07, 6.45) is -0.176. The zero-order chi connectivity index (χ0) is 20.1. The molecule has 28 heavy (non-hydrogen) atoms. The zero-order valence-electron chi connectivity index (χ0n) is 16.5. The third kappa shape index (κ3) is 3.76. The van der Waals surface area contributed by atoms with E-state index >= 15 is 0 Å². The molecule has 0 aromatic heterocycles. The average Bonchev–Trinajstić information content (AvgIpc) is 2.56. The number of hydrogen-bond donors (Lipinski definition) is 3. The molecule has 2 aromatic carbocycles. The van der Waals surface area contributed by atoms with Gasteiger partial charge in [-0.1, -0.05) is 0 Å². The summed E-state index contributed by atoms with van der Waals surface area (Å²) < 4.78 is 10.9. The summed E-state index contributed by atoms with van der Waals surface area (Å²) in [4.78, 5) is 33.4. The third-order valence-electron chi connectivity index (χ3n) is 6.09. The van der Waals surface area contributed by atoms with E-state index < -0.39 is 18.1 Å². The van der Waals surface area contributed by atoms with Gasteiger partial charge in [0.2, 0.25) is 0 Å². The van der Waals surface area contributed by atoms with Crippen LogP contribution in [0.25, 0.3) is 0 Å². The van der Waals surface area contributed by atoms with Crippen molar-refractivity contribution in [3.8, 4) is 0 Å². The van der Waals surface area contributed by atoms with Gasteiger partial charge >= 0.3 is 166 Å². The van der Waals surface area contributed by atoms with Gasteiger partial charge in [0, 0.05) is 0 Å². The minimum atomic E-state index is -4.96. The topological polar surface area (TPSA) is 79.2 Å². The first kappa shape index (κ1) is 20.0. The minimum absolute atomic E-state index is 0.0880. The molecular weight excluding hydrogens is 375 g/mol. The van der Waals surface area contributed by atoms with Crippen LogP contribution in [0.15, 0.2) is 48.5 Å². The fourth-order valence-corrected chi connectivity index (χ4v) is 7.83. The molecule has 0 radical (unpaired) electrons. The zero-order valence-corrected chi connectivity index (χ0v) is 17.4. The second-order valence-electron chi connectivity index (χ2n) is 8.94. The van der Waals surface area contributed by atoms with Gasteiger partial charge in [-0.2, -0.15) is 0 Å². The Morgan fingerprint density at radius 1 is 0.679 bits per heavy atom. The number of rotatable bonds is 6. The van der Waals surface area contributed by atoms with Gasteiger partial charge in [0.05, 0.1) is 0 Å². The second-order valence-corrected chi connectivity index (χ2v) is 12.2. The number of benzene rings is 2. The van der Waals surface area contributed by atoms with Gasteiger partial charge in [0.1, 0.15) is 0 Å². The van der Waals surface area contributed by atoms with Crippen LogP contribution in [0.5, 0.6) is 0 Å². The van der Waals surface area contributed by atoms with Gasteiger partial charge < -0.3 is 0 Å². The van der Waals surface area contributed by atoms with E-state index in [1.54, 1.807) is 0 Å². The van der Waals surface area contributed by atoms with E-state index in [0.29, 0.717) is 26.4 Å². The van der Waals surface area contributed by atoms with Crippen molar-refractivity contribution in [3.05, 3.63) is 70.8 Å². The molecule has 0 amide bonds. The fraction of sp³-hybridized carbons (Fsp3) is 0.455. The summed E-state index contributed by atoms with van der Waals surface area (Å²) in [6, 6.07) is 16.0. The quantitative estimate of drug-likeness (QED) is 0.646. The molecular formula is C22H29O5P. The number of ether oxygens (including phenoxy) is 2. The van der Waals surface area contributed by atoms with Crippen molar-refractivity contribution in [2.75, 3.05) is 38.8 Å². The molecule has 2 fully saturated rings. The molecule has 0 spiro atoms. The van der Waals surface area contributed by atoms with Gasteiger partial charge in [0.25, 0.3) is 0 Å². The summed E-state index contributed by atoms with van der Waals surface area (Å²) >= 11 is 0. The van der Waals surface area contributed by atoms with Crippen LogP contribution in [0.4, 0.5) is 0 Å². The molecule has 4 rings (SSSR count). The Morgan fingerprint density at radius 3 is 1.25 bits per heavy atom. The molecule has 5 nitrogen and oxygen atoms in total. The first-order valence-corrected chi connectivity index (χ1v) is 12.1. The van der Waals surface area contributed by atoms with E-state index in [1.165, 1.54) is 0 Å². The monoisotopic (exact) mass is 404 g/mol. The van der Waals surface area contributed by atoms with Gasteiger partial charge in [-0.3, -0.25) is 0 Å². The fourth-order valence-electron chi connectivity index (χ4n) is 4.51.